The van der Waals surface area contributed by atoms with Crippen molar-refractivity contribution in [2.75, 3.05) is 39.6 Å². The molecule has 5 heteroatoms. The van der Waals surface area contributed by atoms with E-state index in [2.05, 4.69) is 0 Å². The summed E-state index contributed by atoms with van der Waals surface area (Å²) in [7, 11) is 0. The highest BCUT2D eigenvalue weighted by Crippen LogP contribution is 2.21. The first-order chi connectivity index (χ1) is 9.14. The van der Waals surface area contributed by atoms with Crippen LogP contribution in [0.5, 0.6) is 0 Å². The summed E-state index contributed by atoms with van der Waals surface area (Å²) in [6.45, 7) is 8.22. The van der Waals surface area contributed by atoms with Crippen LogP contribution in [0.1, 0.15) is 39.5 Å². The molecule has 3 saturated heterocycles. The molecule has 0 radical (unpaired) electrons. The second-order valence-electron chi connectivity index (χ2n) is 5.27. The molecule has 0 spiro atoms. The van der Waals surface area contributed by atoms with Crippen molar-refractivity contribution in [2.24, 2.45) is 0 Å². The van der Waals surface area contributed by atoms with E-state index in [1.807, 2.05) is 13.8 Å². The Hall–Kier alpha value is -0.200. The van der Waals surface area contributed by atoms with E-state index in [4.69, 9.17) is 24.1 Å². The van der Waals surface area contributed by atoms with E-state index in [1.54, 1.807) is 0 Å². The molecule has 1 unspecified atom stereocenters. The lowest BCUT2D eigenvalue weighted by molar-refractivity contribution is -0.142. The van der Waals surface area contributed by atoms with Crippen molar-refractivity contribution in [3.63, 3.8) is 0 Å². The van der Waals surface area contributed by atoms with Crippen LogP contribution in [-0.2, 0) is 18.9 Å². The molecule has 3 aliphatic heterocycles. The maximum absolute atomic E-state index is 8.59. The zero-order valence-corrected chi connectivity index (χ0v) is 12.2. The van der Waals surface area contributed by atoms with Crippen molar-refractivity contribution in [1.29, 1.82) is 0 Å². The van der Waals surface area contributed by atoms with Crippen LogP contribution in [0, 0.1) is 0 Å². The molecule has 0 aromatic rings. The molecular weight excluding hydrogens is 248 g/mol. The fourth-order valence-corrected chi connectivity index (χ4v) is 1.87. The Morgan fingerprint density at radius 1 is 0.947 bits per heavy atom. The van der Waals surface area contributed by atoms with Gasteiger partial charge in [-0.2, -0.15) is 0 Å². The highest BCUT2D eigenvalue weighted by molar-refractivity contribution is 4.69. The van der Waals surface area contributed by atoms with Crippen LogP contribution in [0.4, 0.5) is 0 Å². The van der Waals surface area contributed by atoms with Crippen LogP contribution in [-0.4, -0.2) is 56.6 Å². The van der Waals surface area contributed by atoms with Crippen LogP contribution < -0.4 is 0 Å². The topological polar surface area (TPSA) is 57.2 Å². The molecule has 0 aromatic heterocycles. The van der Waals surface area contributed by atoms with Gasteiger partial charge in [0.05, 0.1) is 13.2 Å². The van der Waals surface area contributed by atoms with Gasteiger partial charge in [0.15, 0.2) is 5.79 Å². The molecule has 0 aromatic carbocycles. The molecular formula is C14H28O5. The lowest BCUT2D eigenvalue weighted by Gasteiger charge is -2.15. The molecule has 3 aliphatic rings. The van der Waals surface area contributed by atoms with Crippen LogP contribution in [0.15, 0.2) is 0 Å². The molecule has 1 N–H and O–H groups in total. The molecule has 0 amide bonds. The van der Waals surface area contributed by atoms with Crippen LogP contribution >= 0.6 is 0 Å². The third kappa shape index (κ3) is 8.55. The number of rotatable bonds is 1. The molecule has 3 rings (SSSR count). The first kappa shape index (κ1) is 16.9. The van der Waals surface area contributed by atoms with E-state index in [1.165, 1.54) is 25.7 Å². The van der Waals surface area contributed by atoms with Crippen molar-refractivity contribution < 1.29 is 24.1 Å². The second kappa shape index (κ2) is 9.66. The van der Waals surface area contributed by atoms with E-state index in [0.717, 1.165) is 26.4 Å². The van der Waals surface area contributed by atoms with E-state index >= 15 is 0 Å². The molecule has 3 heterocycles. The van der Waals surface area contributed by atoms with Crippen LogP contribution in [0.3, 0.4) is 0 Å². The summed E-state index contributed by atoms with van der Waals surface area (Å²) in [5.74, 6) is -0.493. The number of aliphatic hydroxyl groups is 1. The molecule has 3 fully saturated rings. The van der Waals surface area contributed by atoms with Crippen molar-refractivity contribution in [2.45, 2.75) is 51.4 Å². The third-order valence-corrected chi connectivity index (χ3v) is 2.93. The molecule has 0 bridgehead atoms. The number of aliphatic hydroxyl groups excluding tert-OH is 1. The van der Waals surface area contributed by atoms with E-state index in [9.17, 15) is 0 Å². The van der Waals surface area contributed by atoms with Crippen molar-refractivity contribution in [3.8, 4) is 0 Å². The minimum Gasteiger partial charge on any atom is -0.394 e. The van der Waals surface area contributed by atoms with Crippen LogP contribution in [0.25, 0.3) is 0 Å². The maximum Gasteiger partial charge on any atom is 0.163 e. The minimum atomic E-state index is -0.493. The Kier molecular flexibility index (Phi) is 8.57. The molecule has 114 valence electrons. The zero-order chi connectivity index (χ0) is 14.0. The molecule has 19 heavy (non-hydrogen) atoms. The zero-order valence-electron chi connectivity index (χ0n) is 12.2. The SMILES string of the molecule is C1CCOC1.C1CCOC1.CC1(C)OCC(CO)O1. The van der Waals surface area contributed by atoms with Gasteiger partial charge >= 0.3 is 0 Å². The van der Waals surface area contributed by atoms with Crippen molar-refractivity contribution in [1.82, 2.24) is 0 Å². The Morgan fingerprint density at radius 3 is 1.58 bits per heavy atom. The van der Waals surface area contributed by atoms with Crippen molar-refractivity contribution in [3.05, 3.63) is 0 Å². The lowest BCUT2D eigenvalue weighted by Crippen LogP contribution is -2.22. The molecule has 0 aliphatic carbocycles. The van der Waals surface area contributed by atoms with Gasteiger partial charge in [-0.3, -0.25) is 0 Å². The van der Waals surface area contributed by atoms with Gasteiger partial charge in [0, 0.05) is 26.4 Å². The Labute approximate surface area is 116 Å². The highest BCUT2D eigenvalue weighted by Gasteiger charge is 2.31. The molecule has 1 atom stereocenters. The lowest BCUT2D eigenvalue weighted by atomic mass is 10.4. The summed E-state index contributed by atoms with van der Waals surface area (Å²) in [5, 5.41) is 8.59. The quantitative estimate of drug-likeness (QED) is 0.790. The summed E-state index contributed by atoms with van der Waals surface area (Å²) >= 11 is 0. The highest BCUT2D eigenvalue weighted by atomic mass is 16.7. The molecule has 0 saturated carbocycles. The monoisotopic (exact) mass is 276 g/mol. The van der Waals surface area contributed by atoms with Gasteiger partial charge in [-0.25, -0.2) is 0 Å². The average molecular weight is 276 g/mol. The standard InChI is InChI=1S/C6H12O3.2C4H8O/c1-6(2)8-4-5(3-7)9-6;2*1-2-4-5-3-1/h5,7H,3-4H2,1-2H3;2*1-4H2. The van der Waals surface area contributed by atoms with Gasteiger partial charge < -0.3 is 24.1 Å². The fraction of sp³-hybridized carbons (Fsp3) is 1.00. The summed E-state index contributed by atoms with van der Waals surface area (Å²) in [5.41, 5.74) is 0. The largest absolute Gasteiger partial charge is 0.394 e. The average Bonchev–Trinajstić information content (AvgIpc) is 3.15. The predicted molar refractivity (Wildman–Crippen MR) is 72.1 cm³/mol. The van der Waals surface area contributed by atoms with Gasteiger partial charge in [0.1, 0.15) is 6.10 Å². The fourth-order valence-electron chi connectivity index (χ4n) is 1.87. The maximum atomic E-state index is 8.59. The van der Waals surface area contributed by atoms with E-state index in [0.29, 0.717) is 6.61 Å². The van der Waals surface area contributed by atoms with Gasteiger partial charge in [-0.1, -0.05) is 0 Å². The normalized spacial score (nSPS) is 28.3. The van der Waals surface area contributed by atoms with Gasteiger partial charge in [0.2, 0.25) is 0 Å². The summed E-state index contributed by atoms with van der Waals surface area (Å²) < 4.78 is 20.3. The number of hydrogen-bond acceptors (Lipinski definition) is 5. The van der Waals surface area contributed by atoms with Gasteiger partial charge in [-0.15, -0.1) is 0 Å². The number of hydrogen-bond donors (Lipinski definition) is 1. The summed E-state index contributed by atoms with van der Waals surface area (Å²) in [4.78, 5) is 0. The minimum absolute atomic E-state index is 0.0451. The molecule has 5 nitrogen and oxygen atoms in total. The summed E-state index contributed by atoms with van der Waals surface area (Å²) in [6.07, 6.45) is 4.99. The van der Waals surface area contributed by atoms with E-state index < -0.39 is 5.79 Å². The number of ether oxygens (including phenoxy) is 4. The van der Waals surface area contributed by atoms with Gasteiger partial charge in [-0.05, 0) is 39.5 Å². The Morgan fingerprint density at radius 2 is 1.42 bits per heavy atom. The Bertz CT molecular complexity index is 187. The van der Waals surface area contributed by atoms with Crippen molar-refractivity contribution >= 4 is 0 Å². The summed E-state index contributed by atoms with van der Waals surface area (Å²) in [6, 6.07) is 0. The first-order valence-electron chi connectivity index (χ1n) is 7.22. The first-order valence-corrected chi connectivity index (χ1v) is 7.22. The van der Waals surface area contributed by atoms with E-state index in [-0.39, 0.29) is 12.7 Å². The smallest absolute Gasteiger partial charge is 0.163 e. The Balaban J connectivity index is 0.000000153. The third-order valence-electron chi connectivity index (χ3n) is 2.93. The van der Waals surface area contributed by atoms with Crippen LogP contribution in [0.2, 0.25) is 0 Å². The predicted octanol–water partition coefficient (Wildman–Crippen LogP) is 1.72. The second-order valence-corrected chi connectivity index (χ2v) is 5.27. The van der Waals surface area contributed by atoms with Gasteiger partial charge in [0.25, 0.3) is 0 Å².